The van der Waals surface area contributed by atoms with Crippen molar-refractivity contribution in [2.75, 3.05) is 19.8 Å². The Balaban J connectivity index is 4.28. The Hall–Kier alpha value is -2.40. The van der Waals surface area contributed by atoms with Crippen LogP contribution in [0.5, 0.6) is 0 Å². The van der Waals surface area contributed by atoms with Crippen LogP contribution in [0.25, 0.3) is 0 Å². The highest BCUT2D eigenvalue weighted by Gasteiger charge is 2.16. The van der Waals surface area contributed by atoms with Crippen LogP contribution in [0.2, 0.25) is 0 Å². The molecule has 5 heteroatoms. The maximum Gasteiger partial charge on any atom is 0.305 e. The molecule has 0 unspecified atom stereocenters. The zero-order chi connectivity index (χ0) is 44.9. The maximum atomic E-state index is 12.6. The van der Waals surface area contributed by atoms with Crippen molar-refractivity contribution in [1.82, 2.24) is 0 Å². The summed E-state index contributed by atoms with van der Waals surface area (Å²) in [6.45, 7) is 7.61. The van der Waals surface area contributed by atoms with Gasteiger partial charge in [0.15, 0.2) is 0 Å². The fourth-order valence-corrected chi connectivity index (χ4v) is 7.57. The predicted molar refractivity (Wildman–Crippen MR) is 270 cm³/mol. The van der Waals surface area contributed by atoms with Gasteiger partial charge in [0, 0.05) is 19.4 Å². The summed E-state index contributed by atoms with van der Waals surface area (Å²) < 4.78 is 17.4. The number of carbonyl (C=O) groups excluding carboxylic acids is 2. The van der Waals surface area contributed by atoms with E-state index in [1.807, 2.05) is 0 Å². The van der Waals surface area contributed by atoms with Gasteiger partial charge in [-0.25, -0.2) is 0 Å². The van der Waals surface area contributed by atoms with E-state index < -0.39 is 6.10 Å². The molecule has 0 heterocycles. The predicted octanol–water partition coefficient (Wildman–Crippen LogP) is 18.1. The van der Waals surface area contributed by atoms with E-state index in [0.717, 1.165) is 83.5 Å². The molecule has 0 saturated carbocycles. The van der Waals surface area contributed by atoms with Crippen molar-refractivity contribution in [2.24, 2.45) is 0 Å². The fourth-order valence-electron chi connectivity index (χ4n) is 7.57. The van der Waals surface area contributed by atoms with Crippen molar-refractivity contribution in [2.45, 2.75) is 271 Å². The molecule has 0 spiro atoms. The van der Waals surface area contributed by atoms with Gasteiger partial charge < -0.3 is 14.2 Å². The Labute approximate surface area is 385 Å². The van der Waals surface area contributed by atoms with Crippen molar-refractivity contribution in [3.05, 3.63) is 60.8 Å². The zero-order valence-corrected chi connectivity index (χ0v) is 41.4. The van der Waals surface area contributed by atoms with Crippen molar-refractivity contribution < 1.29 is 23.8 Å². The van der Waals surface area contributed by atoms with E-state index >= 15 is 0 Å². The molecule has 0 rings (SSSR count). The third kappa shape index (κ3) is 50.2. The van der Waals surface area contributed by atoms with Crippen LogP contribution in [-0.4, -0.2) is 37.9 Å². The molecule has 0 aromatic rings. The first-order valence-electron chi connectivity index (χ1n) is 26.8. The maximum absolute atomic E-state index is 12.6. The number of carbonyl (C=O) groups is 2. The molecule has 360 valence electrons. The molecule has 0 bridgehead atoms. The zero-order valence-electron chi connectivity index (χ0n) is 41.4. The smallest absolute Gasteiger partial charge is 0.305 e. The summed E-state index contributed by atoms with van der Waals surface area (Å²) in [5.74, 6) is -0.362. The summed E-state index contributed by atoms with van der Waals surface area (Å²) in [6.07, 6.45) is 66.8. The normalized spacial score (nSPS) is 12.6. The second kappa shape index (κ2) is 52.9. The summed E-state index contributed by atoms with van der Waals surface area (Å²) >= 11 is 0. The number of allylic oxidation sites excluding steroid dienone is 10. The van der Waals surface area contributed by atoms with Crippen LogP contribution in [0.4, 0.5) is 0 Å². The molecule has 62 heavy (non-hydrogen) atoms. The van der Waals surface area contributed by atoms with Crippen LogP contribution >= 0.6 is 0 Å². The van der Waals surface area contributed by atoms with Gasteiger partial charge in [0.1, 0.15) is 19.3 Å². The Morgan fingerprint density at radius 1 is 0.355 bits per heavy atom. The molecule has 0 saturated heterocycles. The molecule has 0 aliphatic rings. The Morgan fingerprint density at radius 3 is 1.03 bits per heavy atom. The molecular weight excluding hydrogens is 765 g/mol. The van der Waals surface area contributed by atoms with E-state index in [9.17, 15) is 9.59 Å². The molecule has 0 aliphatic heterocycles. The summed E-state index contributed by atoms with van der Waals surface area (Å²) in [5.41, 5.74) is 0. The highest BCUT2D eigenvalue weighted by atomic mass is 16.6. The number of unbranched alkanes of at least 4 members (excludes halogenated alkanes) is 28. The minimum Gasteiger partial charge on any atom is -0.463 e. The first-order chi connectivity index (χ1) is 30.6. The van der Waals surface area contributed by atoms with Gasteiger partial charge in [0.05, 0.1) is 0 Å². The monoisotopic (exact) mass is 867 g/mol. The number of hydrogen-bond acceptors (Lipinski definition) is 5. The number of esters is 2. The molecular formula is C57H102O5. The van der Waals surface area contributed by atoms with Gasteiger partial charge in [0.25, 0.3) is 0 Å². The fraction of sp³-hybridized carbons (Fsp3) is 0.789. The van der Waals surface area contributed by atoms with Crippen LogP contribution < -0.4 is 0 Å². The molecule has 0 fully saturated rings. The molecule has 5 nitrogen and oxygen atoms in total. The number of ether oxygens (including phenoxy) is 3. The lowest BCUT2D eigenvalue weighted by molar-refractivity contribution is -0.155. The highest BCUT2D eigenvalue weighted by Crippen LogP contribution is 2.15. The summed E-state index contributed by atoms with van der Waals surface area (Å²) in [5, 5.41) is 0. The second-order valence-electron chi connectivity index (χ2n) is 17.8. The lowest BCUT2D eigenvalue weighted by Gasteiger charge is -2.18. The van der Waals surface area contributed by atoms with Crippen molar-refractivity contribution in [3.8, 4) is 0 Å². The van der Waals surface area contributed by atoms with Crippen LogP contribution in [0, 0.1) is 0 Å². The number of rotatable bonds is 49. The average molecular weight is 867 g/mol. The molecule has 1 atom stereocenters. The third-order valence-electron chi connectivity index (χ3n) is 11.6. The SMILES string of the molecule is CC/C=C\C/C=C\C/C=C\C/C=C\C/C=C\CCCCCC(=O)OC[C@H](COC(=O)CCCCCCCCCCCCC)OCCCCCCCCCCCCCCCCCC. The molecule has 0 aliphatic carbocycles. The van der Waals surface area contributed by atoms with Crippen LogP contribution in [0.15, 0.2) is 60.8 Å². The lowest BCUT2D eigenvalue weighted by Crippen LogP contribution is -2.29. The summed E-state index contributed by atoms with van der Waals surface area (Å²) in [4.78, 5) is 25.2. The molecule has 0 amide bonds. The lowest BCUT2D eigenvalue weighted by atomic mass is 10.0. The number of hydrogen-bond donors (Lipinski definition) is 0. The highest BCUT2D eigenvalue weighted by molar-refractivity contribution is 5.69. The Morgan fingerprint density at radius 2 is 0.661 bits per heavy atom. The van der Waals surface area contributed by atoms with Crippen LogP contribution in [-0.2, 0) is 23.8 Å². The molecule has 0 aromatic carbocycles. The van der Waals surface area contributed by atoms with Crippen LogP contribution in [0.1, 0.15) is 265 Å². The largest absolute Gasteiger partial charge is 0.463 e. The Kier molecular flexibility index (Phi) is 50.9. The topological polar surface area (TPSA) is 61.8 Å². The van der Waals surface area contributed by atoms with Gasteiger partial charge in [-0.15, -0.1) is 0 Å². The second-order valence-corrected chi connectivity index (χ2v) is 17.8. The van der Waals surface area contributed by atoms with E-state index in [1.165, 1.54) is 148 Å². The standard InChI is InChI=1S/C57H102O5/c1-4-7-10-13-16-19-22-24-26-28-29-30-31-33-36-39-42-45-48-51-57(59)62-54-55(53-61-56(58)50-47-44-41-38-35-21-18-15-12-9-6-3)60-52-49-46-43-40-37-34-32-27-25-23-20-17-14-11-8-5-2/h7,10,16,19,24,26,29-30,33,36,55H,4-6,8-9,11-15,17-18,20-23,25,27-28,31-32,34-35,37-54H2,1-3H3/b10-7-,19-16-,26-24-,30-29-,36-33-/t55-/m0/s1. The molecule has 0 radical (unpaired) electrons. The third-order valence-corrected chi connectivity index (χ3v) is 11.6. The van der Waals surface area contributed by atoms with E-state index in [0.29, 0.717) is 19.4 Å². The molecule has 0 N–H and O–H groups in total. The molecule has 0 aromatic heterocycles. The average Bonchev–Trinajstić information content (AvgIpc) is 3.28. The quantitative estimate of drug-likeness (QED) is 0.0346. The van der Waals surface area contributed by atoms with Crippen molar-refractivity contribution in [3.63, 3.8) is 0 Å². The Bertz CT molecular complexity index is 1070. The van der Waals surface area contributed by atoms with Gasteiger partial charge in [-0.2, -0.15) is 0 Å². The van der Waals surface area contributed by atoms with Crippen molar-refractivity contribution >= 4 is 11.9 Å². The van der Waals surface area contributed by atoms with E-state index in [2.05, 4.69) is 81.5 Å². The van der Waals surface area contributed by atoms with Gasteiger partial charge in [-0.3, -0.25) is 9.59 Å². The summed E-state index contributed by atoms with van der Waals surface area (Å²) in [6, 6.07) is 0. The van der Waals surface area contributed by atoms with Gasteiger partial charge >= 0.3 is 11.9 Å². The minimum atomic E-state index is -0.410. The van der Waals surface area contributed by atoms with Gasteiger partial charge in [-0.05, 0) is 64.2 Å². The van der Waals surface area contributed by atoms with E-state index in [1.54, 1.807) is 0 Å². The first kappa shape index (κ1) is 59.6. The van der Waals surface area contributed by atoms with E-state index in [-0.39, 0.29) is 25.2 Å². The van der Waals surface area contributed by atoms with Gasteiger partial charge in [-0.1, -0.05) is 248 Å². The van der Waals surface area contributed by atoms with Crippen LogP contribution in [0.3, 0.4) is 0 Å². The summed E-state index contributed by atoms with van der Waals surface area (Å²) in [7, 11) is 0. The minimum absolute atomic E-state index is 0.142. The van der Waals surface area contributed by atoms with Crippen molar-refractivity contribution in [1.29, 1.82) is 0 Å². The van der Waals surface area contributed by atoms with Gasteiger partial charge in [0.2, 0.25) is 0 Å². The van der Waals surface area contributed by atoms with E-state index in [4.69, 9.17) is 14.2 Å². The first-order valence-corrected chi connectivity index (χ1v) is 26.8.